The Morgan fingerprint density at radius 2 is 2.00 bits per heavy atom. The van der Waals surface area contributed by atoms with Crippen molar-refractivity contribution in [3.63, 3.8) is 0 Å². The molecule has 0 atom stereocenters. The van der Waals surface area contributed by atoms with Crippen LogP contribution >= 0.6 is 11.3 Å². The zero-order chi connectivity index (χ0) is 16.2. The van der Waals surface area contributed by atoms with E-state index in [1.165, 1.54) is 18.3 Å². The molecule has 0 unspecified atom stereocenters. The first kappa shape index (κ1) is 15.2. The molecule has 2 aromatic heterocycles. The predicted octanol–water partition coefficient (Wildman–Crippen LogP) is 3.18. The Morgan fingerprint density at radius 3 is 2.83 bits per heavy atom. The summed E-state index contributed by atoms with van der Waals surface area (Å²) in [6, 6.07) is 13.0. The van der Waals surface area contributed by atoms with Gasteiger partial charge in [-0.25, -0.2) is 0 Å². The number of benzene rings is 1. The van der Waals surface area contributed by atoms with Crippen LogP contribution in [-0.4, -0.2) is 16.8 Å². The largest absolute Gasteiger partial charge is 0.351 e. The zero-order valence-electron chi connectivity index (χ0n) is 12.5. The summed E-state index contributed by atoms with van der Waals surface area (Å²) >= 11 is 1.37. The van der Waals surface area contributed by atoms with Crippen LogP contribution in [0.4, 0.5) is 5.69 Å². The zero-order valence-corrected chi connectivity index (χ0v) is 13.3. The molecule has 2 heterocycles. The molecular weight excluding hydrogens is 310 g/mol. The maximum absolute atomic E-state index is 12.4. The molecule has 0 fully saturated rings. The SMILES string of the molecule is CC(=O)NCc1ccc(C(=O)Nc2cccc3ncccc23)s1. The van der Waals surface area contributed by atoms with Crippen LogP contribution in [0.3, 0.4) is 0 Å². The Labute approximate surface area is 137 Å². The molecule has 0 bridgehead atoms. The highest BCUT2D eigenvalue weighted by atomic mass is 32.1. The lowest BCUT2D eigenvalue weighted by molar-refractivity contribution is -0.119. The Hall–Kier alpha value is -2.73. The molecule has 0 saturated heterocycles. The number of thiophene rings is 1. The summed E-state index contributed by atoms with van der Waals surface area (Å²) in [4.78, 5) is 29.1. The summed E-state index contributed by atoms with van der Waals surface area (Å²) in [5.74, 6) is -0.256. The van der Waals surface area contributed by atoms with E-state index in [-0.39, 0.29) is 11.8 Å². The van der Waals surface area contributed by atoms with Crippen LogP contribution in [0.25, 0.3) is 10.9 Å². The first-order chi connectivity index (χ1) is 11.1. The lowest BCUT2D eigenvalue weighted by atomic mass is 10.2. The normalized spacial score (nSPS) is 10.5. The molecule has 116 valence electrons. The van der Waals surface area contributed by atoms with Crippen LogP contribution in [0.1, 0.15) is 21.5 Å². The van der Waals surface area contributed by atoms with Gasteiger partial charge in [-0.15, -0.1) is 11.3 Å². The summed E-state index contributed by atoms with van der Waals surface area (Å²) in [5.41, 5.74) is 1.57. The Kier molecular flexibility index (Phi) is 4.34. The van der Waals surface area contributed by atoms with Gasteiger partial charge in [-0.2, -0.15) is 0 Å². The van der Waals surface area contributed by atoms with E-state index in [4.69, 9.17) is 0 Å². The number of hydrogen-bond acceptors (Lipinski definition) is 4. The van der Waals surface area contributed by atoms with Crippen LogP contribution in [0.2, 0.25) is 0 Å². The number of carbonyl (C=O) groups excluding carboxylic acids is 2. The lowest BCUT2D eigenvalue weighted by Gasteiger charge is -2.07. The highest BCUT2D eigenvalue weighted by Gasteiger charge is 2.11. The van der Waals surface area contributed by atoms with Gasteiger partial charge in [0.2, 0.25) is 5.91 Å². The highest BCUT2D eigenvalue weighted by Crippen LogP contribution is 2.23. The number of nitrogens with one attached hydrogen (secondary N) is 2. The van der Waals surface area contributed by atoms with E-state index in [1.54, 1.807) is 12.3 Å². The third kappa shape index (κ3) is 3.54. The van der Waals surface area contributed by atoms with Gasteiger partial charge >= 0.3 is 0 Å². The van der Waals surface area contributed by atoms with Gasteiger partial charge in [0, 0.05) is 23.4 Å². The van der Waals surface area contributed by atoms with Crippen LogP contribution in [0.5, 0.6) is 0 Å². The molecule has 0 aliphatic rings. The van der Waals surface area contributed by atoms with Crippen LogP contribution < -0.4 is 10.6 Å². The monoisotopic (exact) mass is 325 g/mol. The molecule has 0 spiro atoms. The van der Waals surface area contributed by atoms with Gasteiger partial charge in [-0.3, -0.25) is 14.6 Å². The second kappa shape index (κ2) is 6.58. The van der Waals surface area contributed by atoms with Crippen molar-refractivity contribution in [2.75, 3.05) is 5.32 Å². The molecule has 0 aliphatic carbocycles. The maximum atomic E-state index is 12.4. The first-order valence-corrected chi connectivity index (χ1v) is 7.93. The number of carbonyl (C=O) groups is 2. The second-order valence-electron chi connectivity index (χ2n) is 5.01. The van der Waals surface area contributed by atoms with Gasteiger partial charge in [0.15, 0.2) is 0 Å². The minimum absolute atomic E-state index is 0.0901. The summed E-state index contributed by atoms with van der Waals surface area (Å²) in [7, 11) is 0. The van der Waals surface area contributed by atoms with Gasteiger partial charge in [-0.05, 0) is 36.4 Å². The van der Waals surface area contributed by atoms with E-state index in [0.717, 1.165) is 21.5 Å². The third-order valence-corrected chi connectivity index (χ3v) is 4.37. The molecule has 6 heteroatoms. The number of aromatic nitrogens is 1. The number of anilines is 1. The van der Waals surface area contributed by atoms with Crippen molar-refractivity contribution in [2.45, 2.75) is 13.5 Å². The van der Waals surface area contributed by atoms with E-state index in [2.05, 4.69) is 15.6 Å². The number of amides is 2. The minimum Gasteiger partial charge on any atom is -0.351 e. The molecule has 0 aliphatic heterocycles. The molecule has 2 amide bonds. The summed E-state index contributed by atoms with van der Waals surface area (Å²) in [6.45, 7) is 1.90. The predicted molar refractivity (Wildman–Crippen MR) is 91.5 cm³/mol. The van der Waals surface area contributed by atoms with Crippen molar-refractivity contribution in [1.82, 2.24) is 10.3 Å². The molecule has 23 heavy (non-hydrogen) atoms. The Bertz CT molecular complexity index is 868. The van der Waals surface area contributed by atoms with Crippen molar-refractivity contribution in [3.8, 4) is 0 Å². The van der Waals surface area contributed by atoms with Crippen molar-refractivity contribution in [2.24, 2.45) is 0 Å². The number of nitrogens with zero attached hydrogens (tertiary/aromatic N) is 1. The molecule has 0 radical (unpaired) electrons. The van der Waals surface area contributed by atoms with Crippen molar-refractivity contribution >= 4 is 39.7 Å². The molecule has 3 aromatic rings. The molecule has 3 rings (SSSR count). The Morgan fingerprint density at radius 1 is 1.13 bits per heavy atom. The Balaban J connectivity index is 1.77. The maximum Gasteiger partial charge on any atom is 0.265 e. The summed E-state index contributed by atoms with van der Waals surface area (Å²) in [5, 5.41) is 6.54. The molecule has 2 N–H and O–H groups in total. The van der Waals surface area contributed by atoms with Gasteiger partial charge < -0.3 is 10.6 Å². The third-order valence-electron chi connectivity index (χ3n) is 3.29. The van der Waals surface area contributed by atoms with Gasteiger partial charge in [0.25, 0.3) is 5.91 Å². The quantitative estimate of drug-likeness (QED) is 0.774. The fourth-order valence-corrected chi connectivity index (χ4v) is 3.05. The van der Waals surface area contributed by atoms with Crippen molar-refractivity contribution < 1.29 is 9.59 Å². The van der Waals surface area contributed by atoms with Gasteiger partial charge in [0.1, 0.15) is 0 Å². The van der Waals surface area contributed by atoms with E-state index in [1.807, 2.05) is 36.4 Å². The molecule has 1 aromatic carbocycles. The number of hydrogen-bond donors (Lipinski definition) is 2. The minimum atomic E-state index is -0.166. The molecular formula is C17H15N3O2S. The van der Waals surface area contributed by atoms with Crippen LogP contribution in [-0.2, 0) is 11.3 Å². The molecule has 0 saturated carbocycles. The number of rotatable bonds is 4. The molecule has 5 nitrogen and oxygen atoms in total. The second-order valence-corrected chi connectivity index (χ2v) is 6.17. The van der Waals surface area contributed by atoms with E-state index >= 15 is 0 Å². The number of fused-ring (bicyclic) bond motifs is 1. The summed E-state index contributed by atoms with van der Waals surface area (Å²) in [6.07, 6.45) is 1.72. The van der Waals surface area contributed by atoms with E-state index in [0.29, 0.717) is 11.4 Å². The van der Waals surface area contributed by atoms with Gasteiger partial charge in [-0.1, -0.05) is 6.07 Å². The average molecular weight is 325 g/mol. The summed E-state index contributed by atoms with van der Waals surface area (Å²) < 4.78 is 0. The van der Waals surface area contributed by atoms with Gasteiger partial charge in [0.05, 0.1) is 22.6 Å². The lowest BCUT2D eigenvalue weighted by Crippen LogP contribution is -2.18. The van der Waals surface area contributed by atoms with Crippen molar-refractivity contribution in [1.29, 1.82) is 0 Å². The fraction of sp³-hybridized carbons (Fsp3) is 0.118. The van der Waals surface area contributed by atoms with E-state index in [9.17, 15) is 9.59 Å². The van der Waals surface area contributed by atoms with E-state index < -0.39 is 0 Å². The topological polar surface area (TPSA) is 71.1 Å². The first-order valence-electron chi connectivity index (χ1n) is 7.12. The van der Waals surface area contributed by atoms with Crippen LogP contribution in [0, 0.1) is 0 Å². The standard InChI is InChI=1S/C17H15N3O2S/c1-11(21)19-10-12-7-8-16(23-12)17(22)20-15-6-2-5-14-13(15)4-3-9-18-14/h2-9H,10H2,1H3,(H,19,21)(H,20,22). The highest BCUT2D eigenvalue weighted by molar-refractivity contribution is 7.14. The number of pyridine rings is 1. The smallest absolute Gasteiger partial charge is 0.265 e. The van der Waals surface area contributed by atoms with Crippen molar-refractivity contribution in [3.05, 3.63) is 58.4 Å². The fourth-order valence-electron chi connectivity index (χ4n) is 2.20. The average Bonchev–Trinajstić information content (AvgIpc) is 3.02. The van der Waals surface area contributed by atoms with Crippen LogP contribution in [0.15, 0.2) is 48.7 Å².